The van der Waals surface area contributed by atoms with Crippen LogP contribution in [0.25, 0.3) is 0 Å². The Morgan fingerprint density at radius 1 is 1.21 bits per heavy atom. The zero-order chi connectivity index (χ0) is 20.4. The average Bonchev–Trinajstić information content (AvgIpc) is 2.68. The molecule has 0 radical (unpaired) electrons. The largest absolute Gasteiger partial charge is 0.493 e. The van der Waals surface area contributed by atoms with Crippen LogP contribution in [-0.2, 0) is 22.6 Å². The normalized spacial score (nSPS) is 16.9. The van der Waals surface area contributed by atoms with Crippen molar-refractivity contribution < 1.29 is 19.4 Å². The van der Waals surface area contributed by atoms with Gasteiger partial charge in [0.05, 0.1) is 13.2 Å². The molecule has 0 aromatic heterocycles. The van der Waals surface area contributed by atoms with E-state index in [2.05, 4.69) is 24.1 Å². The second kappa shape index (κ2) is 11.7. The number of fused-ring (bicyclic) bond motifs is 1. The summed E-state index contributed by atoms with van der Waals surface area (Å²) in [5.74, 6) is 0.112. The molecular formula is C22H34N2O4. The fraction of sp³-hybridized carbons (Fsp3) is 0.636. The number of rotatable bonds is 6. The first-order valence-electron chi connectivity index (χ1n) is 10.5. The molecule has 28 heavy (non-hydrogen) atoms. The fourth-order valence-electron chi connectivity index (χ4n) is 3.70. The van der Waals surface area contributed by atoms with E-state index in [0.717, 1.165) is 49.0 Å². The van der Waals surface area contributed by atoms with Gasteiger partial charge in [-0.1, -0.05) is 26.0 Å². The SMILES string of the molecule is CCC(CC)N1CC(=O)NCCCCCOc2ccc(CCC(=O)O)cc2C1. The topological polar surface area (TPSA) is 78.9 Å². The minimum atomic E-state index is -0.796. The molecule has 0 bridgehead atoms. The van der Waals surface area contributed by atoms with Crippen molar-refractivity contribution in [2.24, 2.45) is 0 Å². The van der Waals surface area contributed by atoms with Crippen LogP contribution in [0.5, 0.6) is 5.75 Å². The third-order valence-corrected chi connectivity index (χ3v) is 5.33. The molecule has 2 N–H and O–H groups in total. The number of hydrogen-bond donors (Lipinski definition) is 2. The zero-order valence-corrected chi connectivity index (χ0v) is 17.2. The monoisotopic (exact) mass is 390 g/mol. The van der Waals surface area contributed by atoms with Crippen molar-refractivity contribution in [2.75, 3.05) is 19.7 Å². The molecule has 156 valence electrons. The van der Waals surface area contributed by atoms with Crippen LogP contribution in [-0.4, -0.2) is 47.6 Å². The van der Waals surface area contributed by atoms with Crippen LogP contribution >= 0.6 is 0 Å². The molecule has 0 saturated heterocycles. The minimum absolute atomic E-state index is 0.0654. The van der Waals surface area contributed by atoms with Crippen molar-refractivity contribution in [2.45, 2.75) is 71.4 Å². The lowest BCUT2D eigenvalue weighted by molar-refractivity contribution is -0.137. The standard InChI is InChI=1S/C22H34N2O4/c1-3-19(4-2)24-15-18-14-17(9-11-22(26)27)8-10-20(18)28-13-7-5-6-12-23-21(25)16-24/h8,10,14,19H,3-7,9,11-13,15-16H2,1-2H3,(H,23,25)(H,26,27). The van der Waals surface area contributed by atoms with Crippen molar-refractivity contribution in [3.8, 4) is 5.75 Å². The van der Waals surface area contributed by atoms with Gasteiger partial charge in [0.1, 0.15) is 5.75 Å². The van der Waals surface area contributed by atoms with Gasteiger partial charge >= 0.3 is 5.97 Å². The first-order valence-corrected chi connectivity index (χ1v) is 10.5. The molecule has 1 aliphatic heterocycles. The summed E-state index contributed by atoms with van der Waals surface area (Å²) >= 11 is 0. The predicted octanol–water partition coefficient (Wildman–Crippen LogP) is 3.37. The van der Waals surface area contributed by atoms with Crippen molar-refractivity contribution in [3.05, 3.63) is 29.3 Å². The fourth-order valence-corrected chi connectivity index (χ4v) is 3.70. The smallest absolute Gasteiger partial charge is 0.303 e. The lowest BCUT2D eigenvalue weighted by Gasteiger charge is -2.30. The first kappa shape index (κ1) is 22.2. The molecule has 0 aliphatic carbocycles. The van der Waals surface area contributed by atoms with Crippen molar-refractivity contribution in [3.63, 3.8) is 0 Å². The number of carboxylic acids is 1. The molecule has 1 amide bonds. The third kappa shape index (κ3) is 7.15. The summed E-state index contributed by atoms with van der Waals surface area (Å²) in [7, 11) is 0. The number of benzene rings is 1. The molecule has 0 unspecified atom stereocenters. The molecular weight excluding hydrogens is 356 g/mol. The number of carboxylic acid groups (broad SMARTS) is 1. The summed E-state index contributed by atoms with van der Waals surface area (Å²) in [5, 5.41) is 12.0. The van der Waals surface area contributed by atoms with Gasteiger partial charge in [0.15, 0.2) is 0 Å². The van der Waals surface area contributed by atoms with Gasteiger partial charge in [-0.3, -0.25) is 14.5 Å². The summed E-state index contributed by atoms with van der Waals surface area (Å²) in [5.41, 5.74) is 2.02. The molecule has 0 saturated carbocycles. The quantitative estimate of drug-likeness (QED) is 0.779. The molecule has 2 rings (SSSR count). The van der Waals surface area contributed by atoms with E-state index in [9.17, 15) is 9.59 Å². The highest BCUT2D eigenvalue weighted by molar-refractivity contribution is 5.78. The van der Waals surface area contributed by atoms with E-state index in [1.807, 2.05) is 18.2 Å². The minimum Gasteiger partial charge on any atom is -0.493 e. The summed E-state index contributed by atoms with van der Waals surface area (Å²) in [6.45, 7) is 6.64. The third-order valence-electron chi connectivity index (χ3n) is 5.33. The van der Waals surface area contributed by atoms with E-state index >= 15 is 0 Å². The van der Waals surface area contributed by atoms with E-state index in [-0.39, 0.29) is 12.3 Å². The van der Waals surface area contributed by atoms with E-state index in [1.165, 1.54) is 0 Å². The number of amides is 1. The highest BCUT2D eigenvalue weighted by Crippen LogP contribution is 2.25. The average molecular weight is 391 g/mol. The van der Waals surface area contributed by atoms with E-state index in [0.29, 0.717) is 38.7 Å². The summed E-state index contributed by atoms with van der Waals surface area (Å²) in [6, 6.07) is 6.27. The maximum Gasteiger partial charge on any atom is 0.303 e. The van der Waals surface area contributed by atoms with Gasteiger partial charge in [-0.15, -0.1) is 0 Å². The Hall–Kier alpha value is -2.08. The molecule has 1 heterocycles. The Kier molecular flexibility index (Phi) is 9.28. The summed E-state index contributed by atoms with van der Waals surface area (Å²) < 4.78 is 6.06. The number of aryl methyl sites for hydroxylation is 1. The lowest BCUT2D eigenvalue weighted by Crippen LogP contribution is -2.42. The number of ether oxygens (including phenoxy) is 1. The van der Waals surface area contributed by atoms with Gasteiger partial charge in [0.25, 0.3) is 0 Å². The summed E-state index contributed by atoms with van der Waals surface area (Å²) in [4.78, 5) is 25.6. The Balaban J connectivity index is 2.29. The molecule has 0 atom stereocenters. The van der Waals surface area contributed by atoms with Crippen molar-refractivity contribution in [1.29, 1.82) is 0 Å². The first-order chi connectivity index (χ1) is 13.5. The number of nitrogens with one attached hydrogen (secondary N) is 1. The van der Waals surface area contributed by atoms with Crippen LogP contribution < -0.4 is 10.1 Å². The van der Waals surface area contributed by atoms with Crippen molar-refractivity contribution >= 4 is 11.9 Å². The lowest BCUT2D eigenvalue weighted by atomic mass is 10.0. The molecule has 6 nitrogen and oxygen atoms in total. The molecule has 0 spiro atoms. The number of carbonyl (C=O) groups excluding carboxylic acids is 1. The van der Waals surface area contributed by atoms with E-state index < -0.39 is 5.97 Å². The van der Waals surface area contributed by atoms with E-state index in [4.69, 9.17) is 9.84 Å². The number of hydrogen-bond acceptors (Lipinski definition) is 4. The van der Waals surface area contributed by atoms with Gasteiger partial charge in [0, 0.05) is 31.1 Å². The zero-order valence-electron chi connectivity index (χ0n) is 17.2. The predicted molar refractivity (Wildman–Crippen MR) is 110 cm³/mol. The molecule has 1 aliphatic rings. The van der Waals surface area contributed by atoms with Crippen LogP contribution in [0.1, 0.15) is 63.5 Å². The molecule has 6 heteroatoms. The molecule has 0 fully saturated rings. The van der Waals surface area contributed by atoms with Gasteiger partial charge in [-0.2, -0.15) is 0 Å². The summed E-state index contributed by atoms with van der Waals surface area (Å²) in [6.07, 6.45) is 5.47. The number of carbonyl (C=O) groups is 2. The second-order valence-corrected chi connectivity index (χ2v) is 7.47. The van der Waals surface area contributed by atoms with Crippen LogP contribution in [0, 0.1) is 0 Å². The highest BCUT2D eigenvalue weighted by atomic mass is 16.5. The Morgan fingerprint density at radius 2 is 2.00 bits per heavy atom. The Morgan fingerprint density at radius 3 is 2.71 bits per heavy atom. The highest BCUT2D eigenvalue weighted by Gasteiger charge is 2.21. The molecule has 1 aromatic rings. The van der Waals surface area contributed by atoms with Gasteiger partial charge in [-0.25, -0.2) is 0 Å². The Bertz CT molecular complexity index is 643. The van der Waals surface area contributed by atoms with Gasteiger partial charge in [-0.05, 0) is 50.2 Å². The van der Waals surface area contributed by atoms with Crippen LogP contribution in [0.15, 0.2) is 18.2 Å². The van der Waals surface area contributed by atoms with Crippen LogP contribution in [0.4, 0.5) is 0 Å². The maximum atomic E-state index is 12.4. The number of nitrogens with zero attached hydrogens (tertiary/aromatic N) is 1. The van der Waals surface area contributed by atoms with Crippen LogP contribution in [0.2, 0.25) is 0 Å². The Labute approximate surface area is 168 Å². The van der Waals surface area contributed by atoms with Crippen molar-refractivity contribution in [1.82, 2.24) is 10.2 Å². The second-order valence-electron chi connectivity index (χ2n) is 7.47. The van der Waals surface area contributed by atoms with Gasteiger partial charge < -0.3 is 15.2 Å². The maximum absolute atomic E-state index is 12.4. The van der Waals surface area contributed by atoms with Crippen LogP contribution in [0.3, 0.4) is 0 Å². The van der Waals surface area contributed by atoms with E-state index in [1.54, 1.807) is 0 Å². The number of aliphatic carboxylic acids is 1. The van der Waals surface area contributed by atoms with Gasteiger partial charge in [0.2, 0.25) is 5.91 Å². The molecule has 1 aromatic carbocycles.